The number of ether oxygens (including phenoxy) is 1. The second-order valence-corrected chi connectivity index (χ2v) is 6.26. The van der Waals surface area contributed by atoms with Crippen molar-refractivity contribution in [3.8, 4) is 11.8 Å². The zero-order chi connectivity index (χ0) is 20.4. The molecule has 0 bridgehead atoms. The van der Waals surface area contributed by atoms with Crippen LogP contribution in [-0.4, -0.2) is 22.1 Å². The van der Waals surface area contributed by atoms with Crippen LogP contribution >= 0.6 is 0 Å². The summed E-state index contributed by atoms with van der Waals surface area (Å²) in [4.78, 5) is 29.6. The Morgan fingerprint density at radius 2 is 2.14 bits per heavy atom. The molecule has 0 radical (unpaired) electrons. The van der Waals surface area contributed by atoms with Crippen LogP contribution < -0.4 is 15.6 Å². The van der Waals surface area contributed by atoms with E-state index in [4.69, 9.17) is 14.4 Å². The minimum Gasteiger partial charge on any atom is -0.492 e. The maximum Gasteiger partial charge on any atom is 0.297 e. The Morgan fingerprint density at radius 1 is 1.31 bits per heavy atom. The molecule has 29 heavy (non-hydrogen) atoms. The molecular weight excluding hydrogens is 372 g/mol. The summed E-state index contributed by atoms with van der Waals surface area (Å²) in [5.74, 6) is -0.0153. The highest BCUT2D eigenvalue weighted by atomic mass is 16.5. The van der Waals surface area contributed by atoms with E-state index in [0.717, 1.165) is 5.39 Å². The molecule has 8 heteroatoms. The van der Waals surface area contributed by atoms with E-state index >= 15 is 0 Å². The van der Waals surface area contributed by atoms with Crippen LogP contribution in [0.4, 0.5) is 5.69 Å². The van der Waals surface area contributed by atoms with Crippen molar-refractivity contribution in [3.63, 3.8) is 0 Å². The summed E-state index contributed by atoms with van der Waals surface area (Å²) in [5, 5.41) is 12.5. The van der Waals surface area contributed by atoms with Crippen LogP contribution in [0.3, 0.4) is 0 Å². The van der Waals surface area contributed by atoms with Gasteiger partial charge in [-0.15, -0.1) is 0 Å². The molecule has 0 aliphatic heterocycles. The van der Waals surface area contributed by atoms with Gasteiger partial charge in [-0.05, 0) is 37.3 Å². The molecule has 0 unspecified atom stereocenters. The minimum absolute atomic E-state index is 0.1000. The number of benzene rings is 2. The Hall–Kier alpha value is -4.12. The maximum atomic E-state index is 12.7. The number of fused-ring (bicyclic) bond motifs is 3. The normalized spacial score (nSPS) is 10.8. The molecular formula is C21H16N4O4. The molecule has 0 spiro atoms. The van der Waals surface area contributed by atoms with E-state index < -0.39 is 11.5 Å². The molecule has 0 aliphatic rings. The molecule has 0 saturated heterocycles. The molecule has 0 fully saturated rings. The second-order valence-electron chi connectivity index (χ2n) is 6.26. The number of anilines is 1. The number of hydrogen-bond acceptors (Lipinski definition) is 6. The van der Waals surface area contributed by atoms with Crippen molar-refractivity contribution in [3.05, 3.63) is 64.7 Å². The quantitative estimate of drug-likeness (QED) is 0.563. The van der Waals surface area contributed by atoms with Crippen molar-refractivity contribution in [2.24, 2.45) is 0 Å². The van der Waals surface area contributed by atoms with Crippen molar-refractivity contribution in [1.82, 2.24) is 9.55 Å². The summed E-state index contributed by atoms with van der Waals surface area (Å²) in [6.45, 7) is 1.96. The van der Waals surface area contributed by atoms with Crippen LogP contribution in [0.2, 0.25) is 0 Å². The van der Waals surface area contributed by atoms with Gasteiger partial charge in [0.05, 0.1) is 30.3 Å². The fourth-order valence-corrected chi connectivity index (χ4v) is 3.05. The fourth-order valence-electron chi connectivity index (χ4n) is 3.05. The van der Waals surface area contributed by atoms with Gasteiger partial charge in [0.1, 0.15) is 23.4 Å². The van der Waals surface area contributed by atoms with E-state index in [2.05, 4.69) is 10.3 Å². The first-order valence-electron chi connectivity index (χ1n) is 8.94. The number of nitrogens with zero attached hydrogens (tertiary/aromatic N) is 3. The van der Waals surface area contributed by atoms with Gasteiger partial charge >= 0.3 is 0 Å². The highest BCUT2D eigenvalue weighted by molar-refractivity contribution is 6.01. The van der Waals surface area contributed by atoms with Crippen LogP contribution in [-0.2, 0) is 11.3 Å². The zero-order valence-electron chi connectivity index (χ0n) is 15.5. The Labute approximate surface area is 164 Å². The first-order valence-corrected chi connectivity index (χ1v) is 8.94. The molecule has 8 nitrogen and oxygen atoms in total. The minimum atomic E-state index is -0.458. The smallest absolute Gasteiger partial charge is 0.297 e. The second kappa shape index (κ2) is 7.48. The van der Waals surface area contributed by atoms with Gasteiger partial charge in [-0.3, -0.25) is 14.2 Å². The number of carbonyl (C=O) groups is 1. The first kappa shape index (κ1) is 18.3. The van der Waals surface area contributed by atoms with Gasteiger partial charge in [-0.2, -0.15) is 5.26 Å². The SMILES string of the molecule is CCOc1ccc(C#N)cc1NC(=O)Cn1cnc2c(oc3ccccc32)c1=O. The Balaban J connectivity index is 1.63. The number of hydrogen-bond donors (Lipinski definition) is 1. The van der Waals surface area contributed by atoms with Crippen molar-refractivity contribution in [2.45, 2.75) is 13.5 Å². The lowest BCUT2D eigenvalue weighted by Gasteiger charge is -2.12. The highest BCUT2D eigenvalue weighted by Crippen LogP contribution is 2.26. The summed E-state index contributed by atoms with van der Waals surface area (Å²) in [7, 11) is 0. The number of para-hydroxylation sites is 1. The molecule has 2 aromatic carbocycles. The highest BCUT2D eigenvalue weighted by Gasteiger charge is 2.15. The van der Waals surface area contributed by atoms with Crippen molar-refractivity contribution in [1.29, 1.82) is 5.26 Å². The standard InChI is InChI=1S/C21H16N4O4/c1-2-28-17-8-7-13(10-22)9-15(17)24-18(26)11-25-12-23-19-14-5-3-4-6-16(14)29-20(19)21(25)27/h3-9,12H,2,11H2,1H3,(H,24,26). The van der Waals surface area contributed by atoms with E-state index in [0.29, 0.717) is 34.7 Å². The van der Waals surface area contributed by atoms with E-state index in [1.807, 2.05) is 31.2 Å². The van der Waals surface area contributed by atoms with Gasteiger partial charge in [0.2, 0.25) is 11.5 Å². The molecule has 2 heterocycles. The zero-order valence-corrected chi connectivity index (χ0v) is 15.5. The summed E-state index contributed by atoms with van der Waals surface area (Å²) in [6, 6.07) is 14.0. The van der Waals surface area contributed by atoms with Crippen LogP contribution in [0.1, 0.15) is 12.5 Å². The lowest BCUT2D eigenvalue weighted by molar-refractivity contribution is -0.116. The average molecular weight is 388 g/mol. The predicted octanol–water partition coefficient (Wildman–Crippen LogP) is 3.05. The van der Waals surface area contributed by atoms with E-state index in [9.17, 15) is 9.59 Å². The fraction of sp³-hybridized carbons (Fsp3) is 0.143. The molecule has 1 N–H and O–H groups in total. The van der Waals surface area contributed by atoms with Gasteiger partial charge in [-0.25, -0.2) is 4.98 Å². The summed E-state index contributed by atoms with van der Waals surface area (Å²) in [5.41, 5.74) is 1.42. The lowest BCUT2D eigenvalue weighted by Crippen LogP contribution is -2.27. The Kier molecular flexibility index (Phi) is 4.71. The number of amides is 1. The first-order chi connectivity index (χ1) is 14.1. The van der Waals surface area contributed by atoms with E-state index in [1.54, 1.807) is 18.2 Å². The molecule has 4 rings (SSSR count). The molecule has 0 atom stereocenters. The number of aromatic nitrogens is 2. The van der Waals surface area contributed by atoms with Gasteiger partial charge in [0.15, 0.2) is 0 Å². The monoisotopic (exact) mass is 388 g/mol. The van der Waals surface area contributed by atoms with Crippen molar-refractivity contribution >= 4 is 33.7 Å². The van der Waals surface area contributed by atoms with Crippen LogP contribution in [0.15, 0.2) is 58.0 Å². The van der Waals surface area contributed by atoms with Gasteiger partial charge < -0.3 is 14.5 Å². The van der Waals surface area contributed by atoms with E-state index in [1.165, 1.54) is 17.0 Å². The number of carbonyl (C=O) groups excluding carboxylic acids is 1. The molecule has 1 amide bonds. The Morgan fingerprint density at radius 3 is 2.93 bits per heavy atom. The lowest BCUT2D eigenvalue weighted by atomic mass is 10.2. The third kappa shape index (κ3) is 3.41. The molecule has 2 aromatic heterocycles. The maximum absolute atomic E-state index is 12.7. The third-order valence-corrected chi connectivity index (χ3v) is 4.35. The predicted molar refractivity (Wildman–Crippen MR) is 107 cm³/mol. The topological polar surface area (TPSA) is 110 Å². The van der Waals surface area contributed by atoms with Crippen LogP contribution in [0.5, 0.6) is 5.75 Å². The van der Waals surface area contributed by atoms with Gasteiger partial charge in [0, 0.05) is 5.39 Å². The largest absolute Gasteiger partial charge is 0.492 e. The third-order valence-electron chi connectivity index (χ3n) is 4.35. The van der Waals surface area contributed by atoms with Crippen LogP contribution in [0.25, 0.3) is 22.1 Å². The van der Waals surface area contributed by atoms with E-state index in [-0.39, 0.29) is 12.1 Å². The average Bonchev–Trinajstić information content (AvgIpc) is 3.11. The number of rotatable bonds is 5. The number of nitriles is 1. The van der Waals surface area contributed by atoms with Crippen molar-refractivity contribution < 1.29 is 13.9 Å². The summed E-state index contributed by atoms with van der Waals surface area (Å²) >= 11 is 0. The van der Waals surface area contributed by atoms with Crippen molar-refractivity contribution in [2.75, 3.05) is 11.9 Å². The Bertz CT molecular complexity index is 1330. The summed E-state index contributed by atoms with van der Waals surface area (Å²) in [6.07, 6.45) is 1.32. The van der Waals surface area contributed by atoms with Gasteiger partial charge in [0.25, 0.3) is 5.56 Å². The molecule has 0 aliphatic carbocycles. The molecule has 4 aromatic rings. The molecule has 144 valence electrons. The number of nitrogens with one attached hydrogen (secondary N) is 1. The summed E-state index contributed by atoms with van der Waals surface area (Å²) < 4.78 is 12.3. The number of furan rings is 1. The molecule has 0 saturated carbocycles. The van der Waals surface area contributed by atoms with Crippen LogP contribution in [0, 0.1) is 11.3 Å². The van der Waals surface area contributed by atoms with Gasteiger partial charge in [-0.1, -0.05) is 12.1 Å².